The molecule has 0 amide bonds. The molecule has 1 aromatic carbocycles. The quantitative estimate of drug-likeness (QED) is 0.879. The van der Waals surface area contributed by atoms with E-state index >= 15 is 0 Å². The van der Waals surface area contributed by atoms with Crippen molar-refractivity contribution in [1.29, 1.82) is 0 Å². The maximum absolute atomic E-state index is 12.8. The molecule has 1 saturated heterocycles. The Morgan fingerprint density at radius 1 is 1.30 bits per heavy atom. The number of benzene rings is 1. The van der Waals surface area contributed by atoms with Crippen LogP contribution in [0.5, 0.6) is 5.75 Å². The molecular weight excluding hydrogens is 326 g/mol. The van der Waals surface area contributed by atoms with E-state index in [0.717, 1.165) is 26.2 Å². The van der Waals surface area contributed by atoms with Crippen LogP contribution in [0.25, 0.3) is 0 Å². The Labute approximate surface area is 134 Å². The summed E-state index contributed by atoms with van der Waals surface area (Å²) in [5, 5.41) is 14.0. The van der Waals surface area contributed by atoms with Crippen LogP contribution in [0.4, 0.5) is 4.39 Å². The van der Waals surface area contributed by atoms with Crippen LogP contribution in [0.1, 0.15) is 18.0 Å². The van der Waals surface area contributed by atoms with E-state index < -0.39 is 6.67 Å². The van der Waals surface area contributed by atoms with Crippen molar-refractivity contribution in [3.63, 3.8) is 0 Å². The largest absolute Gasteiger partial charge is 0.506 e. The molecule has 1 aliphatic rings. The van der Waals surface area contributed by atoms with Gasteiger partial charge in [0.15, 0.2) is 0 Å². The zero-order valence-electron chi connectivity index (χ0n) is 10.9. The number of phenols is 1. The Kier molecular flexibility index (Phi) is 7.34. The van der Waals surface area contributed by atoms with Crippen LogP contribution in [-0.2, 0) is 0 Å². The second-order valence-electron chi connectivity index (χ2n) is 4.60. The van der Waals surface area contributed by atoms with Crippen molar-refractivity contribution in [1.82, 2.24) is 10.2 Å². The van der Waals surface area contributed by atoms with Crippen molar-refractivity contribution in [2.24, 2.45) is 0 Å². The highest BCUT2D eigenvalue weighted by atomic mass is 35.5. The number of nitrogens with one attached hydrogen (secondary N) is 1. The van der Waals surface area contributed by atoms with Crippen LogP contribution in [0.2, 0.25) is 10.0 Å². The molecule has 0 saturated carbocycles. The maximum Gasteiger partial charge on any atom is 0.139 e. The van der Waals surface area contributed by atoms with Crippen LogP contribution >= 0.6 is 35.6 Å². The van der Waals surface area contributed by atoms with Crippen LogP contribution in [0, 0.1) is 0 Å². The van der Waals surface area contributed by atoms with Gasteiger partial charge >= 0.3 is 0 Å². The Morgan fingerprint density at radius 2 is 1.95 bits per heavy atom. The third-order valence-corrected chi connectivity index (χ3v) is 3.90. The Bertz CT molecular complexity index is 442. The van der Waals surface area contributed by atoms with Crippen molar-refractivity contribution in [2.45, 2.75) is 12.5 Å². The predicted octanol–water partition coefficient (Wildman–Crippen LogP) is 3.43. The van der Waals surface area contributed by atoms with Gasteiger partial charge in [0.25, 0.3) is 0 Å². The molecule has 0 aliphatic carbocycles. The standard InChI is InChI=1S/C13H17Cl2FN2O.ClH/c14-9-7-10(13(19)11(15)8-9)12(1-2-16)18-5-3-17-4-6-18;/h7-8,12,17,19H,1-6H2;1H/t12-;/m1./s1. The predicted molar refractivity (Wildman–Crippen MR) is 83.2 cm³/mol. The first-order valence-electron chi connectivity index (χ1n) is 6.32. The molecule has 2 N–H and O–H groups in total. The summed E-state index contributed by atoms with van der Waals surface area (Å²) in [6.07, 6.45) is 0.324. The molecule has 0 bridgehead atoms. The summed E-state index contributed by atoms with van der Waals surface area (Å²) in [6.45, 7) is 2.90. The van der Waals surface area contributed by atoms with Crippen LogP contribution in [0.3, 0.4) is 0 Å². The molecule has 1 aromatic rings. The normalized spacial score (nSPS) is 17.6. The lowest BCUT2D eigenvalue weighted by Crippen LogP contribution is -2.45. The number of rotatable bonds is 4. The lowest BCUT2D eigenvalue weighted by molar-refractivity contribution is 0.155. The molecule has 0 aromatic heterocycles. The average molecular weight is 344 g/mol. The Hall–Kier alpha value is -0.260. The smallest absolute Gasteiger partial charge is 0.139 e. The van der Waals surface area contributed by atoms with E-state index in [4.69, 9.17) is 23.2 Å². The molecule has 2 rings (SSSR count). The first-order chi connectivity index (χ1) is 9.13. The summed E-state index contributed by atoms with van der Waals surface area (Å²) in [6, 6.07) is 2.97. The number of hydrogen-bond donors (Lipinski definition) is 2. The van der Waals surface area contributed by atoms with Gasteiger partial charge in [-0.05, 0) is 18.6 Å². The minimum atomic E-state index is -0.446. The monoisotopic (exact) mass is 342 g/mol. The molecule has 7 heteroatoms. The summed E-state index contributed by atoms with van der Waals surface area (Å²) < 4.78 is 12.8. The zero-order valence-corrected chi connectivity index (χ0v) is 13.2. The van der Waals surface area contributed by atoms with E-state index in [-0.39, 0.29) is 29.2 Å². The van der Waals surface area contributed by atoms with Crippen LogP contribution < -0.4 is 5.32 Å². The number of aromatic hydroxyl groups is 1. The minimum absolute atomic E-state index is 0. The fourth-order valence-electron chi connectivity index (χ4n) is 2.47. The van der Waals surface area contributed by atoms with Crippen LogP contribution in [-0.4, -0.2) is 42.9 Å². The summed E-state index contributed by atoms with van der Waals surface area (Å²) in [5.74, 6) is 0.00282. The molecule has 1 heterocycles. The van der Waals surface area contributed by atoms with Gasteiger partial charge in [-0.25, -0.2) is 0 Å². The summed E-state index contributed by atoms with van der Waals surface area (Å²) in [4.78, 5) is 2.15. The lowest BCUT2D eigenvalue weighted by atomic mass is 10.0. The van der Waals surface area contributed by atoms with Gasteiger partial charge in [-0.15, -0.1) is 12.4 Å². The first kappa shape index (κ1) is 17.8. The summed E-state index contributed by atoms with van der Waals surface area (Å²) in [5.41, 5.74) is 0.608. The highest BCUT2D eigenvalue weighted by Crippen LogP contribution is 2.38. The topological polar surface area (TPSA) is 35.5 Å². The number of nitrogens with zero attached hydrogens (tertiary/aromatic N) is 1. The van der Waals surface area contributed by atoms with Gasteiger partial charge in [-0.3, -0.25) is 9.29 Å². The van der Waals surface area contributed by atoms with Gasteiger partial charge in [0.05, 0.1) is 11.7 Å². The number of halogens is 4. The second-order valence-corrected chi connectivity index (χ2v) is 5.45. The van der Waals surface area contributed by atoms with Gasteiger partial charge in [0, 0.05) is 42.8 Å². The van der Waals surface area contributed by atoms with E-state index in [1.807, 2.05) is 0 Å². The molecule has 0 unspecified atom stereocenters. The van der Waals surface area contributed by atoms with Crippen molar-refractivity contribution in [3.8, 4) is 5.75 Å². The van der Waals surface area contributed by atoms with Gasteiger partial charge in [-0.1, -0.05) is 23.2 Å². The Morgan fingerprint density at radius 3 is 2.55 bits per heavy atom. The highest BCUT2D eigenvalue weighted by Gasteiger charge is 2.25. The molecule has 1 aliphatic heterocycles. The number of hydrogen-bond acceptors (Lipinski definition) is 3. The van der Waals surface area contributed by atoms with Gasteiger partial charge in [0.1, 0.15) is 5.75 Å². The van der Waals surface area contributed by atoms with E-state index in [1.54, 1.807) is 6.07 Å². The summed E-state index contributed by atoms with van der Waals surface area (Å²) in [7, 11) is 0. The molecule has 20 heavy (non-hydrogen) atoms. The van der Waals surface area contributed by atoms with Crippen molar-refractivity contribution >= 4 is 35.6 Å². The Balaban J connectivity index is 0.00000200. The fraction of sp³-hybridized carbons (Fsp3) is 0.538. The molecule has 1 atom stereocenters. The SMILES string of the molecule is Cl.Oc1c(Cl)cc(Cl)cc1[C@@H](CCF)N1CCNCC1. The number of phenolic OH excluding ortho intramolecular Hbond substituents is 1. The second kappa shape index (κ2) is 8.25. The van der Waals surface area contributed by atoms with Gasteiger partial charge in [0.2, 0.25) is 0 Å². The van der Waals surface area contributed by atoms with Gasteiger partial charge < -0.3 is 10.4 Å². The lowest BCUT2D eigenvalue weighted by Gasteiger charge is -2.35. The molecule has 0 radical (unpaired) electrons. The minimum Gasteiger partial charge on any atom is -0.506 e. The van der Waals surface area contributed by atoms with Gasteiger partial charge in [-0.2, -0.15) is 0 Å². The molecular formula is C13H18Cl3FN2O. The van der Waals surface area contributed by atoms with E-state index in [0.29, 0.717) is 17.0 Å². The fourth-order valence-corrected chi connectivity index (χ4v) is 2.98. The maximum atomic E-state index is 12.8. The van der Waals surface area contributed by atoms with E-state index in [2.05, 4.69) is 10.2 Å². The summed E-state index contributed by atoms with van der Waals surface area (Å²) >= 11 is 11.9. The number of piperazine rings is 1. The average Bonchev–Trinajstić information content (AvgIpc) is 2.41. The number of alkyl halides is 1. The van der Waals surface area contributed by atoms with Crippen molar-refractivity contribution in [2.75, 3.05) is 32.9 Å². The zero-order chi connectivity index (χ0) is 13.8. The van der Waals surface area contributed by atoms with E-state index in [9.17, 15) is 9.50 Å². The molecule has 1 fully saturated rings. The third kappa shape index (κ3) is 4.12. The van der Waals surface area contributed by atoms with Crippen molar-refractivity contribution in [3.05, 3.63) is 27.7 Å². The highest BCUT2D eigenvalue weighted by molar-refractivity contribution is 6.35. The van der Waals surface area contributed by atoms with E-state index in [1.165, 1.54) is 6.07 Å². The molecule has 3 nitrogen and oxygen atoms in total. The molecule has 0 spiro atoms. The molecule has 114 valence electrons. The first-order valence-corrected chi connectivity index (χ1v) is 7.07. The third-order valence-electron chi connectivity index (χ3n) is 3.39. The van der Waals surface area contributed by atoms with Crippen LogP contribution in [0.15, 0.2) is 12.1 Å². The van der Waals surface area contributed by atoms with Crippen molar-refractivity contribution < 1.29 is 9.50 Å².